The van der Waals surface area contributed by atoms with E-state index in [9.17, 15) is 14.4 Å². The fourth-order valence-electron chi connectivity index (χ4n) is 6.71. The molecular weight excluding hydrogens is 781 g/mol. The van der Waals surface area contributed by atoms with Crippen LogP contribution in [0.1, 0.15) is 226 Å². The van der Waals surface area contributed by atoms with Crippen molar-refractivity contribution in [2.45, 2.75) is 232 Å². The molecule has 0 heterocycles. The lowest BCUT2D eigenvalue weighted by Crippen LogP contribution is -2.30. The Kier molecular flexibility index (Phi) is 48.0. The van der Waals surface area contributed by atoms with Gasteiger partial charge in [-0.05, 0) is 103 Å². The van der Waals surface area contributed by atoms with E-state index in [1.165, 1.54) is 77.0 Å². The summed E-state index contributed by atoms with van der Waals surface area (Å²) in [4.78, 5) is 37.9. The molecule has 63 heavy (non-hydrogen) atoms. The largest absolute Gasteiger partial charge is 0.462 e. The van der Waals surface area contributed by atoms with Crippen LogP contribution in [0.5, 0.6) is 0 Å². The lowest BCUT2D eigenvalue weighted by molar-refractivity contribution is -0.166. The van der Waals surface area contributed by atoms with E-state index in [2.05, 4.69) is 106 Å². The van der Waals surface area contributed by atoms with Gasteiger partial charge in [0.1, 0.15) is 13.2 Å². The van der Waals surface area contributed by atoms with Gasteiger partial charge in [-0.25, -0.2) is 0 Å². The number of hydrogen-bond donors (Lipinski definition) is 0. The molecule has 0 aromatic rings. The number of unbranched alkanes of at least 4 members (excludes halogenated alkanes) is 19. The first kappa shape index (κ1) is 59.3. The van der Waals surface area contributed by atoms with Crippen molar-refractivity contribution in [2.24, 2.45) is 0 Å². The van der Waals surface area contributed by atoms with Gasteiger partial charge in [0.25, 0.3) is 0 Å². The van der Waals surface area contributed by atoms with E-state index >= 15 is 0 Å². The minimum atomic E-state index is -0.828. The van der Waals surface area contributed by atoms with Crippen LogP contribution in [-0.4, -0.2) is 37.2 Å². The van der Waals surface area contributed by atoms with E-state index in [0.29, 0.717) is 6.42 Å². The molecule has 0 bridgehead atoms. The number of esters is 3. The minimum Gasteiger partial charge on any atom is -0.462 e. The Morgan fingerprint density at radius 1 is 0.349 bits per heavy atom. The van der Waals surface area contributed by atoms with Crippen molar-refractivity contribution in [3.05, 3.63) is 97.2 Å². The quantitative estimate of drug-likeness (QED) is 0.0262. The van der Waals surface area contributed by atoms with Crippen molar-refractivity contribution in [2.75, 3.05) is 13.2 Å². The molecule has 0 amide bonds. The molecule has 0 saturated heterocycles. The van der Waals surface area contributed by atoms with Crippen molar-refractivity contribution in [1.29, 1.82) is 0 Å². The predicted molar refractivity (Wildman–Crippen MR) is 270 cm³/mol. The first-order chi connectivity index (χ1) is 31.0. The molecule has 0 aromatic heterocycles. The van der Waals surface area contributed by atoms with Crippen molar-refractivity contribution in [3.63, 3.8) is 0 Å². The second kappa shape index (κ2) is 51.0. The summed E-state index contributed by atoms with van der Waals surface area (Å²) in [5.74, 6) is -1.08. The minimum absolute atomic E-state index is 0.118. The normalized spacial score (nSPS) is 12.9. The Morgan fingerprint density at radius 2 is 0.683 bits per heavy atom. The fourth-order valence-corrected chi connectivity index (χ4v) is 6.71. The van der Waals surface area contributed by atoms with Gasteiger partial charge in [-0.1, -0.05) is 201 Å². The van der Waals surface area contributed by atoms with Gasteiger partial charge in [0, 0.05) is 12.8 Å². The summed E-state index contributed by atoms with van der Waals surface area (Å²) < 4.78 is 16.7. The molecule has 0 aliphatic carbocycles. The third kappa shape index (κ3) is 49.2. The topological polar surface area (TPSA) is 78.9 Å². The highest BCUT2D eigenvalue weighted by atomic mass is 16.6. The number of ether oxygens (including phenoxy) is 3. The molecule has 6 heteroatoms. The van der Waals surface area contributed by atoms with E-state index in [0.717, 1.165) is 109 Å². The highest BCUT2D eigenvalue weighted by Crippen LogP contribution is 2.13. The average Bonchev–Trinajstić information content (AvgIpc) is 3.28. The Balaban J connectivity index is 4.55. The van der Waals surface area contributed by atoms with E-state index in [1.54, 1.807) is 6.08 Å². The maximum absolute atomic E-state index is 12.8. The summed E-state index contributed by atoms with van der Waals surface area (Å²) in [6, 6.07) is 0. The summed E-state index contributed by atoms with van der Waals surface area (Å²) in [6.07, 6.45) is 67.0. The maximum atomic E-state index is 12.8. The Labute approximate surface area is 387 Å². The smallest absolute Gasteiger partial charge is 0.309 e. The molecule has 0 saturated carbocycles. The van der Waals surface area contributed by atoms with Crippen LogP contribution in [-0.2, 0) is 28.6 Å². The van der Waals surface area contributed by atoms with Crippen molar-refractivity contribution >= 4 is 17.9 Å². The van der Waals surface area contributed by atoms with Gasteiger partial charge in [0.2, 0.25) is 0 Å². The summed E-state index contributed by atoms with van der Waals surface area (Å²) in [6.45, 7) is 6.37. The lowest BCUT2D eigenvalue weighted by atomic mass is 10.1. The van der Waals surface area contributed by atoms with Crippen LogP contribution >= 0.6 is 0 Å². The SMILES string of the molecule is CC/C=C\C/C=C\C/C=C\C/C=C\C/C=C\CC(=O)OCC(COC(=O)CCCCCCC/C=C\CCCCCCCC)OC(=O)CCCCCCC/C=C\C/C=C\CCCCC. The predicted octanol–water partition coefficient (Wildman–Crippen LogP) is 17.0. The fraction of sp³-hybridized carbons (Fsp3) is 0.667. The number of carbonyl (C=O) groups is 3. The van der Waals surface area contributed by atoms with Crippen LogP contribution in [0.2, 0.25) is 0 Å². The van der Waals surface area contributed by atoms with Gasteiger partial charge in [0.05, 0.1) is 6.42 Å². The Morgan fingerprint density at radius 3 is 1.16 bits per heavy atom. The van der Waals surface area contributed by atoms with E-state index in [1.807, 2.05) is 6.08 Å². The number of hydrogen-bond acceptors (Lipinski definition) is 6. The van der Waals surface area contributed by atoms with Crippen LogP contribution < -0.4 is 0 Å². The molecule has 0 aliphatic rings. The highest BCUT2D eigenvalue weighted by Gasteiger charge is 2.19. The third-order valence-corrected chi connectivity index (χ3v) is 10.6. The number of carbonyl (C=O) groups excluding carboxylic acids is 3. The summed E-state index contributed by atoms with van der Waals surface area (Å²) in [7, 11) is 0. The summed E-state index contributed by atoms with van der Waals surface area (Å²) >= 11 is 0. The van der Waals surface area contributed by atoms with E-state index in [-0.39, 0.29) is 38.0 Å². The molecule has 1 unspecified atom stereocenters. The first-order valence-electron chi connectivity index (χ1n) is 25.7. The van der Waals surface area contributed by atoms with Gasteiger partial charge >= 0.3 is 17.9 Å². The van der Waals surface area contributed by atoms with Crippen molar-refractivity contribution in [1.82, 2.24) is 0 Å². The van der Waals surface area contributed by atoms with E-state index in [4.69, 9.17) is 14.2 Å². The second-order valence-electron chi connectivity index (χ2n) is 16.7. The van der Waals surface area contributed by atoms with Crippen LogP contribution in [0.3, 0.4) is 0 Å². The molecule has 0 spiro atoms. The zero-order valence-electron chi connectivity index (χ0n) is 40.8. The number of allylic oxidation sites excluding steroid dienone is 15. The third-order valence-electron chi connectivity index (χ3n) is 10.6. The van der Waals surface area contributed by atoms with Crippen molar-refractivity contribution in [3.8, 4) is 0 Å². The molecule has 1 atom stereocenters. The summed E-state index contributed by atoms with van der Waals surface area (Å²) in [5, 5.41) is 0. The van der Waals surface area contributed by atoms with Crippen LogP contribution in [0, 0.1) is 0 Å². The molecule has 6 nitrogen and oxygen atoms in total. The Bertz CT molecular complexity index is 1280. The van der Waals surface area contributed by atoms with Gasteiger partial charge in [-0.2, -0.15) is 0 Å². The molecule has 0 aromatic carbocycles. The van der Waals surface area contributed by atoms with Crippen LogP contribution in [0.4, 0.5) is 0 Å². The van der Waals surface area contributed by atoms with Gasteiger partial charge in [-0.15, -0.1) is 0 Å². The standard InChI is InChI=1S/C57H94O6/c1-4-7-10-13-16-19-22-25-28-31-34-37-40-43-46-49-55(58)61-52-54(63-57(60)51-48-45-42-39-36-33-30-27-24-21-18-15-12-9-6-3)53-62-56(59)50-47-44-41-38-35-32-29-26-23-20-17-14-11-8-5-2/h7,10,16,18-19,21,25-30,34,37,43,46,54H,4-6,8-9,11-15,17,20,22-24,31-33,35-36,38-42,44-45,47-53H2,1-3H3/b10-7-,19-16-,21-18-,28-25-,29-26-,30-27-,37-34-,46-43-. The Hall–Kier alpha value is -3.67. The van der Waals surface area contributed by atoms with Gasteiger partial charge in [0.15, 0.2) is 6.10 Å². The zero-order valence-corrected chi connectivity index (χ0v) is 40.8. The van der Waals surface area contributed by atoms with Crippen LogP contribution in [0.15, 0.2) is 97.2 Å². The number of rotatable bonds is 45. The average molecular weight is 875 g/mol. The molecule has 0 fully saturated rings. The van der Waals surface area contributed by atoms with Gasteiger partial charge < -0.3 is 14.2 Å². The van der Waals surface area contributed by atoms with Crippen LogP contribution in [0.25, 0.3) is 0 Å². The monoisotopic (exact) mass is 875 g/mol. The van der Waals surface area contributed by atoms with E-state index < -0.39 is 12.1 Å². The highest BCUT2D eigenvalue weighted by molar-refractivity contribution is 5.72. The maximum Gasteiger partial charge on any atom is 0.309 e. The lowest BCUT2D eigenvalue weighted by Gasteiger charge is -2.18. The second-order valence-corrected chi connectivity index (χ2v) is 16.7. The zero-order chi connectivity index (χ0) is 45.8. The molecule has 0 rings (SSSR count). The molecule has 0 radical (unpaired) electrons. The molecule has 0 N–H and O–H groups in total. The van der Waals surface area contributed by atoms with Crippen molar-refractivity contribution < 1.29 is 28.6 Å². The molecular formula is C57H94O6. The molecule has 358 valence electrons. The summed E-state index contributed by atoms with van der Waals surface area (Å²) in [5.41, 5.74) is 0. The molecule has 0 aliphatic heterocycles. The first-order valence-corrected chi connectivity index (χ1v) is 25.7. The van der Waals surface area contributed by atoms with Gasteiger partial charge in [-0.3, -0.25) is 14.4 Å².